The van der Waals surface area contributed by atoms with Gasteiger partial charge >= 0.3 is 5.79 Å². The summed E-state index contributed by atoms with van der Waals surface area (Å²) in [5.41, 5.74) is 0. The van der Waals surface area contributed by atoms with Gasteiger partial charge in [-0.2, -0.15) is 0 Å². The first-order chi connectivity index (χ1) is 14.9. The Morgan fingerprint density at radius 2 is 1.42 bits per heavy atom. The van der Waals surface area contributed by atoms with E-state index in [1.165, 1.54) is 0 Å². The summed E-state index contributed by atoms with van der Waals surface area (Å²) in [5.74, 6) is -3.19. The molecule has 0 aromatic heterocycles. The maximum atomic E-state index is 12.2. The summed E-state index contributed by atoms with van der Waals surface area (Å²) in [6, 6.07) is -1.06. The average molecular weight is 440 g/mol. The monoisotopic (exact) mass is 440 g/mol. The van der Waals surface area contributed by atoms with Crippen molar-refractivity contribution < 1.29 is 24.4 Å². The Hall–Kier alpha value is -1.92. The van der Waals surface area contributed by atoms with Gasteiger partial charge in [0.2, 0.25) is 6.04 Å². The molecule has 12 heteroatoms. The molecule has 1 heterocycles. The van der Waals surface area contributed by atoms with E-state index in [1.54, 1.807) is 0 Å². The van der Waals surface area contributed by atoms with E-state index in [1.807, 2.05) is 0 Å². The van der Waals surface area contributed by atoms with Crippen molar-refractivity contribution in [3.05, 3.63) is 30.3 Å². The molecule has 4 aliphatic carbocycles. The van der Waals surface area contributed by atoms with Crippen molar-refractivity contribution in [2.75, 3.05) is 0 Å². The van der Waals surface area contributed by atoms with Crippen molar-refractivity contribution >= 4 is 0 Å². The highest BCUT2D eigenvalue weighted by atomic mass is 17.0. The fraction of sp³-hybridized carbons (Fsp3) is 1.00. The Morgan fingerprint density at radius 3 is 2.06 bits per heavy atom. The lowest BCUT2D eigenvalue weighted by molar-refractivity contribution is -0.860. The minimum Gasteiger partial charge on any atom is -0.264 e. The van der Waals surface area contributed by atoms with Crippen LogP contribution >= 0.6 is 0 Å². The van der Waals surface area contributed by atoms with Gasteiger partial charge in [-0.1, -0.05) is 32.1 Å². The number of nitro groups is 3. The van der Waals surface area contributed by atoms with Gasteiger partial charge in [0, 0.05) is 11.3 Å². The Morgan fingerprint density at radius 1 is 0.839 bits per heavy atom. The van der Waals surface area contributed by atoms with Crippen molar-refractivity contribution in [2.24, 2.45) is 29.6 Å². The van der Waals surface area contributed by atoms with E-state index < -0.39 is 44.7 Å². The molecule has 5 rings (SSSR count). The van der Waals surface area contributed by atoms with Gasteiger partial charge in [-0.3, -0.25) is 40.0 Å². The lowest BCUT2D eigenvalue weighted by Crippen LogP contribution is -2.61. The molecular formula is C19H28N4O8. The van der Waals surface area contributed by atoms with E-state index in [2.05, 4.69) is 0 Å². The molecule has 31 heavy (non-hydrogen) atoms. The van der Waals surface area contributed by atoms with Gasteiger partial charge in [0.25, 0.3) is 0 Å². The minimum atomic E-state index is -2.77. The fourth-order valence-corrected chi connectivity index (χ4v) is 6.40. The first-order valence-electron chi connectivity index (χ1n) is 11.4. The first kappa shape index (κ1) is 21.0. The molecule has 8 unspecified atom stereocenters. The van der Waals surface area contributed by atoms with Crippen LogP contribution in [0.3, 0.4) is 0 Å². The molecule has 12 nitrogen and oxygen atoms in total. The zero-order chi connectivity index (χ0) is 21.9. The van der Waals surface area contributed by atoms with Crippen molar-refractivity contribution in [2.45, 2.75) is 88.2 Å². The van der Waals surface area contributed by atoms with Crippen LogP contribution in [0.1, 0.15) is 64.2 Å². The number of hydrogen-bond donors (Lipinski definition) is 0. The highest BCUT2D eigenvalue weighted by molar-refractivity contribution is 5.01. The second-order valence-electron chi connectivity index (χ2n) is 9.95. The first-order valence-corrected chi connectivity index (χ1v) is 11.4. The van der Waals surface area contributed by atoms with Gasteiger partial charge in [0.1, 0.15) is 16.0 Å². The number of hydroxylamine groups is 2. The molecule has 5 aliphatic rings. The molecule has 8 atom stereocenters. The third-order valence-corrected chi connectivity index (χ3v) is 8.25. The van der Waals surface area contributed by atoms with Crippen LogP contribution in [-0.4, -0.2) is 44.0 Å². The van der Waals surface area contributed by atoms with Gasteiger partial charge in [0.15, 0.2) is 12.0 Å². The van der Waals surface area contributed by atoms with E-state index in [0.29, 0.717) is 30.4 Å². The molecule has 0 amide bonds. The molecule has 1 saturated heterocycles. The maximum Gasteiger partial charge on any atom is 0.571 e. The standard InChI is InChI=1S/C19H28N4O8/c24-20(25)16-8-4-2-6-12-10-14(12)18(16)31-23-19(21(26)27,22(28)29)15-7-3-1-5-11-9-13(11)17(15)30-23/h11-18H,1-10H2. The van der Waals surface area contributed by atoms with Crippen LogP contribution in [0.5, 0.6) is 0 Å². The smallest absolute Gasteiger partial charge is 0.264 e. The van der Waals surface area contributed by atoms with Gasteiger partial charge in [-0.15, -0.1) is 0 Å². The molecule has 172 valence electrons. The van der Waals surface area contributed by atoms with Crippen LogP contribution in [-0.2, 0) is 9.68 Å². The van der Waals surface area contributed by atoms with Crippen LogP contribution in [0.15, 0.2) is 0 Å². The molecule has 0 bridgehead atoms. The molecular weight excluding hydrogens is 412 g/mol. The normalized spacial score (nSPS) is 43.7. The molecule has 0 aromatic carbocycles. The average Bonchev–Trinajstić information content (AvgIpc) is 3.58. The zero-order valence-electron chi connectivity index (χ0n) is 17.2. The second-order valence-corrected chi connectivity index (χ2v) is 9.95. The largest absolute Gasteiger partial charge is 0.571 e. The molecule has 0 aromatic rings. The van der Waals surface area contributed by atoms with E-state index in [9.17, 15) is 30.3 Å². The Bertz CT molecular complexity index is 766. The summed E-state index contributed by atoms with van der Waals surface area (Å²) in [5, 5.41) is 36.8. The molecule has 4 saturated carbocycles. The van der Waals surface area contributed by atoms with E-state index in [0.717, 1.165) is 38.5 Å². The predicted octanol–water partition coefficient (Wildman–Crippen LogP) is 2.79. The van der Waals surface area contributed by atoms with E-state index >= 15 is 0 Å². The van der Waals surface area contributed by atoms with Gasteiger partial charge < -0.3 is 0 Å². The molecule has 0 N–H and O–H groups in total. The highest BCUT2D eigenvalue weighted by Gasteiger charge is 2.80. The third-order valence-electron chi connectivity index (χ3n) is 8.25. The zero-order valence-corrected chi connectivity index (χ0v) is 17.2. The predicted molar refractivity (Wildman–Crippen MR) is 103 cm³/mol. The van der Waals surface area contributed by atoms with E-state index in [4.69, 9.17) is 9.68 Å². The van der Waals surface area contributed by atoms with Crippen molar-refractivity contribution in [1.82, 2.24) is 5.23 Å². The maximum absolute atomic E-state index is 12.2. The Labute approximate surface area is 178 Å². The van der Waals surface area contributed by atoms with E-state index in [-0.39, 0.29) is 24.2 Å². The van der Waals surface area contributed by atoms with Gasteiger partial charge in [0.05, 0.1) is 5.23 Å². The number of rotatable bonds is 5. The number of fused-ring (bicyclic) bond motifs is 4. The van der Waals surface area contributed by atoms with Crippen LogP contribution in [0.2, 0.25) is 0 Å². The van der Waals surface area contributed by atoms with Crippen LogP contribution in [0.4, 0.5) is 0 Å². The summed E-state index contributed by atoms with van der Waals surface area (Å²) in [4.78, 5) is 45.8. The summed E-state index contributed by atoms with van der Waals surface area (Å²) >= 11 is 0. The van der Waals surface area contributed by atoms with Gasteiger partial charge in [-0.05, 0) is 49.4 Å². The molecule has 0 radical (unpaired) electrons. The molecule has 1 aliphatic heterocycles. The lowest BCUT2D eigenvalue weighted by atomic mass is 9.84. The fourth-order valence-electron chi connectivity index (χ4n) is 6.40. The highest BCUT2D eigenvalue weighted by Crippen LogP contribution is 2.57. The molecule has 0 spiro atoms. The number of nitrogens with zero attached hydrogens (tertiary/aromatic N) is 4. The summed E-state index contributed by atoms with van der Waals surface area (Å²) in [6.07, 6.45) is 5.57. The summed E-state index contributed by atoms with van der Waals surface area (Å²) in [7, 11) is 0. The van der Waals surface area contributed by atoms with Crippen molar-refractivity contribution in [3.63, 3.8) is 0 Å². The summed E-state index contributed by atoms with van der Waals surface area (Å²) in [6.45, 7) is 0. The third kappa shape index (κ3) is 3.30. The lowest BCUT2D eigenvalue weighted by Gasteiger charge is -2.28. The number of hydrogen-bond acceptors (Lipinski definition) is 9. The quantitative estimate of drug-likeness (QED) is 0.357. The summed E-state index contributed by atoms with van der Waals surface area (Å²) < 4.78 is 0. The minimum absolute atomic E-state index is 0.0375. The topological polar surface area (TPSA) is 151 Å². The SMILES string of the molecule is O=[N+]([O-])C1CCCCC2CC2C1ON1OC2C3CC3CCCCC2C1([N+](=O)[O-])[N+](=O)[O-]. The Balaban J connectivity index is 1.49. The van der Waals surface area contributed by atoms with Crippen molar-refractivity contribution in [3.8, 4) is 0 Å². The van der Waals surface area contributed by atoms with Crippen LogP contribution < -0.4 is 0 Å². The van der Waals surface area contributed by atoms with Crippen LogP contribution in [0.25, 0.3) is 0 Å². The van der Waals surface area contributed by atoms with Crippen LogP contribution in [0, 0.1) is 59.9 Å². The van der Waals surface area contributed by atoms with Gasteiger partial charge in [-0.25, -0.2) is 0 Å². The molecule has 5 fully saturated rings. The second kappa shape index (κ2) is 7.59. The van der Waals surface area contributed by atoms with Crippen molar-refractivity contribution in [1.29, 1.82) is 0 Å². The Kier molecular flexibility index (Phi) is 5.13.